The monoisotopic (exact) mass is 624 g/mol. The lowest BCUT2D eigenvalue weighted by molar-refractivity contribution is 0.0697. The number of nitrogens with one attached hydrogen (secondary N) is 1. The molecular weight excluding hydrogens is 584 g/mol. The maximum Gasteiger partial charge on any atom is 0.335 e. The number of aliphatic imine (C=N–C) groups is 1. The molecule has 0 radical (unpaired) electrons. The molecule has 0 fully saturated rings. The smallest absolute Gasteiger partial charge is 0.335 e. The third-order valence-corrected chi connectivity index (χ3v) is 10.7. The molecule has 0 aromatic heterocycles. The van der Waals surface area contributed by atoms with Crippen molar-refractivity contribution in [2.75, 3.05) is 5.32 Å². The number of fused-ring (bicyclic) bond motifs is 9. The van der Waals surface area contributed by atoms with E-state index in [9.17, 15) is 14.7 Å². The van der Waals surface area contributed by atoms with Gasteiger partial charge in [0.15, 0.2) is 6.29 Å². The molecule has 0 amide bonds. The normalized spacial score (nSPS) is 26.2. The van der Waals surface area contributed by atoms with Gasteiger partial charge in [-0.1, -0.05) is 44.2 Å². The zero-order valence-electron chi connectivity index (χ0n) is 27.8. The van der Waals surface area contributed by atoms with Gasteiger partial charge in [0, 0.05) is 44.8 Å². The van der Waals surface area contributed by atoms with Crippen molar-refractivity contribution >= 4 is 40.0 Å². The van der Waals surface area contributed by atoms with Gasteiger partial charge >= 0.3 is 5.97 Å². The molecule has 2 aliphatic carbocycles. The molecule has 3 aromatic carbocycles. The van der Waals surface area contributed by atoms with Crippen LogP contribution in [-0.2, 0) is 0 Å². The maximum absolute atomic E-state index is 12.5. The molecule has 6 heteroatoms. The highest BCUT2D eigenvalue weighted by molar-refractivity contribution is 6.12. The molecule has 2 N–H and O–H groups in total. The number of carbonyl (C=O) groups excluding carboxylic acids is 1. The highest BCUT2D eigenvalue weighted by atomic mass is 16.5. The molecule has 0 saturated heterocycles. The zero-order chi connectivity index (χ0) is 33.0. The van der Waals surface area contributed by atoms with Crippen molar-refractivity contribution in [1.29, 1.82) is 0 Å². The second kappa shape index (κ2) is 10.1. The molecule has 3 aliphatic heterocycles. The van der Waals surface area contributed by atoms with E-state index in [2.05, 4.69) is 95.4 Å². The van der Waals surface area contributed by atoms with Crippen molar-refractivity contribution in [2.24, 2.45) is 16.8 Å². The number of benzene rings is 3. The highest BCUT2D eigenvalue weighted by Crippen LogP contribution is 2.53. The Morgan fingerprint density at radius 3 is 2.45 bits per heavy atom. The van der Waals surface area contributed by atoms with E-state index in [0.29, 0.717) is 23.0 Å². The number of aldehydes is 1. The van der Waals surface area contributed by atoms with Crippen LogP contribution in [0, 0.1) is 11.8 Å². The van der Waals surface area contributed by atoms with Crippen molar-refractivity contribution in [1.82, 2.24) is 0 Å². The third kappa shape index (κ3) is 4.56. The van der Waals surface area contributed by atoms with Crippen molar-refractivity contribution in [3.8, 4) is 5.75 Å². The Kier molecular flexibility index (Phi) is 6.40. The fourth-order valence-electron chi connectivity index (χ4n) is 9.12. The Hall–Kier alpha value is -4.71. The third-order valence-electron chi connectivity index (χ3n) is 10.7. The Bertz CT molecular complexity index is 2090. The number of carboxylic acids is 1. The van der Waals surface area contributed by atoms with Gasteiger partial charge in [0.2, 0.25) is 0 Å². The second-order valence-corrected chi connectivity index (χ2v) is 15.3. The number of aromatic carboxylic acids is 1. The van der Waals surface area contributed by atoms with Crippen LogP contribution in [0.4, 0.5) is 5.69 Å². The number of carboxylic acid groups (broad SMARTS) is 1. The number of carbonyl (C=O) groups is 2. The standard InChI is InChI=1S/C41H40N2O4/c1-21-18-40(3,4)42-32-15-13-28-26(34(21)32)9-11-30-36(25-8-7-23(39(45)46)17-24(25)20-44)31-12-10-27-29(38(31)47-37(28)30)14-16-33-35(27)22(2)19-41(5,6)43-33/h7-17,20-22,28,37,43H,18-19H2,1-6H3,(H,45,46). The first-order valence-corrected chi connectivity index (χ1v) is 16.7. The molecule has 3 heterocycles. The lowest BCUT2D eigenvalue weighted by Crippen LogP contribution is -2.39. The summed E-state index contributed by atoms with van der Waals surface area (Å²) >= 11 is 0. The fourth-order valence-corrected chi connectivity index (χ4v) is 9.12. The minimum Gasteiger partial charge on any atom is -0.483 e. The number of anilines is 1. The molecule has 0 saturated carbocycles. The molecule has 0 bridgehead atoms. The van der Waals surface area contributed by atoms with Gasteiger partial charge in [-0.25, -0.2) is 4.79 Å². The van der Waals surface area contributed by atoms with Crippen LogP contribution in [0.25, 0.3) is 16.3 Å². The van der Waals surface area contributed by atoms with E-state index in [4.69, 9.17) is 9.73 Å². The van der Waals surface area contributed by atoms with Crippen LogP contribution >= 0.6 is 0 Å². The van der Waals surface area contributed by atoms with Crippen LogP contribution in [0.15, 0.2) is 88.5 Å². The number of ether oxygens (including phenoxy) is 1. The number of rotatable bonds is 3. The van der Waals surface area contributed by atoms with Crippen molar-refractivity contribution in [3.05, 3.63) is 111 Å². The lowest BCUT2D eigenvalue weighted by Gasteiger charge is -2.42. The van der Waals surface area contributed by atoms with Crippen molar-refractivity contribution in [2.45, 2.75) is 77.5 Å². The molecule has 4 atom stereocenters. The molecule has 6 nitrogen and oxygen atoms in total. The summed E-state index contributed by atoms with van der Waals surface area (Å²) in [7, 11) is 0. The number of allylic oxidation sites excluding steroid dienone is 3. The summed E-state index contributed by atoms with van der Waals surface area (Å²) in [5.41, 5.74) is 9.87. The number of hydrogen-bond donors (Lipinski definition) is 2. The molecule has 8 rings (SSSR count). The van der Waals surface area contributed by atoms with E-state index in [1.165, 1.54) is 22.8 Å². The van der Waals surface area contributed by atoms with Crippen LogP contribution in [0.1, 0.15) is 97.7 Å². The molecule has 5 aliphatic rings. The van der Waals surface area contributed by atoms with E-state index >= 15 is 0 Å². The average Bonchev–Trinajstić information content (AvgIpc) is 3.01. The van der Waals surface area contributed by atoms with Gasteiger partial charge in [-0.2, -0.15) is 0 Å². The molecular formula is C41H40N2O4. The minimum atomic E-state index is -1.06. The molecule has 0 spiro atoms. The maximum atomic E-state index is 12.5. The summed E-state index contributed by atoms with van der Waals surface area (Å²) in [6, 6.07) is 13.5. The van der Waals surface area contributed by atoms with E-state index in [1.807, 2.05) is 0 Å². The SMILES string of the molecule is CC1CC(C)(C)N=C2C=CC3C(=C21)C=CC1=C(c2ccc(C(=O)O)cc2C=O)c2ccc4c5c(ccc4c2OC13)NC(C)(C)CC5C. The predicted molar refractivity (Wildman–Crippen MR) is 188 cm³/mol. The topological polar surface area (TPSA) is 88.0 Å². The van der Waals surface area contributed by atoms with Gasteiger partial charge in [-0.15, -0.1) is 0 Å². The van der Waals surface area contributed by atoms with E-state index < -0.39 is 5.97 Å². The van der Waals surface area contributed by atoms with Gasteiger partial charge < -0.3 is 15.2 Å². The summed E-state index contributed by atoms with van der Waals surface area (Å²) in [4.78, 5) is 29.5. The van der Waals surface area contributed by atoms with Crippen LogP contribution in [0.2, 0.25) is 0 Å². The van der Waals surface area contributed by atoms with Crippen LogP contribution < -0.4 is 10.1 Å². The van der Waals surface area contributed by atoms with E-state index in [-0.39, 0.29) is 28.7 Å². The number of hydrogen-bond acceptors (Lipinski definition) is 5. The Balaban J connectivity index is 1.39. The van der Waals surface area contributed by atoms with E-state index in [0.717, 1.165) is 63.8 Å². The fraction of sp³-hybridized carbons (Fsp3) is 0.341. The summed E-state index contributed by atoms with van der Waals surface area (Å²) in [5, 5.41) is 15.7. The van der Waals surface area contributed by atoms with Crippen LogP contribution in [0.5, 0.6) is 5.75 Å². The van der Waals surface area contributed by atoms with Gasteiger partial charge in [0.05, 0.1) is 16.8 Å². The van der Waals surface area contributed by atoms with Gasteiger partial charge in [0.25, 0.3) is 0 Å². The van der Waals surface area contributed by atoms with Gasteiger partial charge in [-0.3, -0.25) is 9.79 Å². The van der Waals surface area contributed by atoms with Gasteiger partial charge in [0.1, 0.15) is 11.9 Å². The first-order valence-electron chi connectivity index (χ1n) is 16.7. The molecule has 47 heavy (non-hydrogen) atoms. The Morgan fingerprint density at radius 1 is 0.936 bits per heavy atom. The van der Waals surface area contributed by atoms with Crippen LogP contribution in [0.3, 0.4) is 0 Å². The summed E-state index contributed by atoms with van der Waals surface area (Å²) in [5.74, 6) is 0.403. The zero-order valence-corrected chi connectivity index (χ0v) is 27.8. The lowest BCUT2D eigenvalue weighted by atomic mass is 9.69. The first kappa shape index (κ1) is 29.7. The van der Waals surface area contributed by atoms with E-state index in [1.54, 1.807) is 12.1 Å². The quantitative estimate of drug-likeness (QED) is 0.284. The Morgan fingerprint density at radius 2 is 1.68 bits per heavy atom. The molecule has 238 valence electrons. The molecule has 4 unspecified atom stereocenters. The first-order chi connectivity index (χ1) is 22.4. The Labute approximate surface area is 275 Å². The number of nitrogens with zero attached hydrogens (tertiary/aromatic N) is 1. The van der Waals surface area contributed by atoms with Gasteiger partial charge in [-0.05, 0) is 116 Å². The minimum absolute atomic E-state index is 0.00222. The predicted octanol–water partition coefficient (Wildman–Crippen LogP) is 8.92. The van der Waals surface area contributed by atoms with Crippen molar-refractivity contribution in [3.63, 3.8) is 0 Å². The van der Waals surface area contributed by atoms with Crippen molar-refractivity contribution < 1.29 is 19.4 Å². The summed E-state index contributed by atoms with van der Waals surface area (Å²) < 4.78 is 7.19. The second-order valence-electron chi connectivity index (χ2n) is 15.3. The summed E-state index contributed by atoms with van der Waals surface area (Å²) in [6.45, 7) is 13.5. The highest BCUT2D eigenvalue weighted by Gasteiger charge is 2.43. The average molecular weight is 625 g/mol. The van der Waals surface area contributed by atoms with Crippen LogP contribution in [-0.4, -0.2) is 40.3 Å². The summed E-state index contributed by atoms with van der Waals surface area (Å²) in [6.07, 6.45) is 11.2. The molecule has 3 aromatic rings. The largest absolute Gasteiger partial charge is 0.483 e.